The first-order chi connectivity index (χ1) is 6.83. The van der Waals surface area contributed by atoms with E-state index in [1.165, 1.54) is 32.1 Å². The number of fused-ring (bicyclic) bond motifs is 2. The van der Waals surface area contributed by atoms with E-state index in [4.69, 9.17) is 4.74 Å². The highest BCUT2D eigenvalue weighted by Gasteiger charge is 2.28. The Morgan fingerprint density at radius 2 is 2.50 bits per heavy atom. The van der Waals surface area contributed by atoms with E-state index in [1.54, 1.807) is 12.7 Å². The molecule has 0 aromatic carbocycles. The van der Waals surface area contributed by atoms with Crippen LogP contribution in [-0.2, 0) is 4.74 Å². The fraction of sp³-hybridized carbons (Fsp3) is 0.692. The van der Waals surface area contributed by atoms with Crippen LogP contribution in [0.1, 0.15) is 32.1 Å². The van der Waals surface area contributed by atoms with Gasteiger partial charge in [0.05, 0.1) is 6.10 Å². The third-order valence-corrected chi connectivity index (χ3v) is 3.64. The van der Waals surface area contributed by atoms with Gasteiger partial charge in [-0.15, -0.1) is 6.58 Å². The number of ether oxygens (including phenoxy) is 1. The molecule has 0 amide bonds. The van der Waals surface area contributed by atoms with E-state index in [1.807, 2.05) is 6.08 Å². The summed E-state index contributed by atoms with van der Waals surface area (Å²) in [4.78, 5) is 0. The van der Waals surface area contributed by atoms with E-state index in [-0.39, 0.29) is 6.10 Å². The Morgan fingerprint density at radius 3 is 3.14 bits per heavy atom. The molecule has 1 saturated carbocycles. The molecular weight excluding hydrogens is 172 g/mol. The monoisotopic (exact) mass is 192 g/mol. The Kier molecular flexibility index (Phi) is 3.07. The first-order valence-corrected chi connectivity index (χ1v) is 5.68. The minimum absolute atomic E-state index is 0.228. The summed E-state index contributed by atoms with van der Waals surface area (Å²) >= 11 is 0. The molecule has 78 valence electrons. The summed E-state index contributed by atoms with van der Waals surface area (Å²) < 4.78 is 5.44. The average molecular weight is 192 g/mol. The Labute approximate surface area is 86.8 Å². The lowest BCUT2D eigenvalue weighted by Gasteiger charge is -2.35. The molecule has 2 rings (SSSR count). The van der Waals surface area contributed by atoms with E-state index in [9.17, 15) is 0 Å². The maximum Gasteiger partial charge on any atom is 0.0812 e. The molecule has 0 aliphatic heterocycles. The zero-order valence-corrected chi connectivity index (χ0v) is 9.04. The van der Waals surface area contributed by atoms with Crippen molar-refractivity contribution in [2.45, 2.75) is 38.2 Å². The molecule has 14 heavy (non-hydrogen) atoms. The molecule has 1 fully saturated rings. The van der Waals surface area contributed by atoms with Crippen molar-refractivity contribution >= 4 is 0 Å². The van der Waals surface area contributed by atoms with Crippen LogP contribution in [0.25, 0.3) is 0 Å². The van der Waals surface area contributed by atoms with Crippen molar-refractivity contribution in [2.75, 3.05) is 7.11 Å². The first-order valence-electron chi connectivity index (χ1n) is 5.68. The molecule has 0 spiro atoms. The number of allylic oxidation sites excluding steroid dienone is 1. The minimum Gasteiger partial charge on any atom is -0.377 e. The quantitative estimate of drug-likeness (QED) is 0.623. The van der Waals surface area contributed by atoms with Gasteiger partial charge in [-0.25, -0.2) is 0 Å². The molecule has 1 nitrogen and oxygen atoms in total. The normalized spacial score (nSPS) is 33.4. The van der Waals surface area contributed by atoms with Crippen molar-refractivity contribution in [3.63, 3.8) is 0 Å². The number of methoxy groups -OCH3 is 1. The van der Waals surface area contributed by atoms with Gasteiger partial charge in [-0.05, 0) is 38.0 Å². The van der Waals surface area contributed by atoms with Crippen LogP contribution in [0.3, 0.4) is 0 Å². The van der Waals surface area contributed by atoms with Gasteiger partial charge in [-0.2, -0.15) is 0 Å². The van der Waals surface area contributed by atoms with Crippen molar-refractivity contribution in [1.82, 2.24) is 0 Å². The molecule has 0 N–H and O–H groups in total. The minimum atomic E-state index is 0.228. The predicted octanol–water partition coefficient (Wildman–Crippen LogP) is 3.32. The smallest absolute Gasteiger partial charge is 0.0812 e. The van der Waals surface area contributed by atoms with Gasteiger partial charge >= 0.3 is 0 Å². The molecule has 2 aliphatic carbocycles. The molecule has 0 heterocycles. The summed E-state index contributed by atoms with van der Waals surface area (Å²) in [7, 11) is 1.79. The van der Waals surface area contributed by atoms with Gasteiger partial charge in [-0.3, -0.25) is 0 Å². The summed E-state index contributed by atoms with van der Waals surface area (Å²) in [5.74, 6) is 1.51. The molecule has 2 aliphatic rings. The number of hydrogen-bond donors (Lipinski definition) is 0. The second kappa shape index (κ2) is 4.31. The van der Waals surface area contributed by atoms with Gasteiger partial charge in [0, 0.05) is 13.0 Å². The molecule has 0 aromatic rings. The first kappa shape index (κ1) is 9.97. The summed E-state index contributed by atoms with van der Waals surface area (Å²) in [6.45, 7) is 3.85. The molecule has 0 aromatic heterocycles. The Morgan fingerprint density at radius 1 is 1.64 bits per heavy atom. The van der Waals surface area contributed by atoms with E-state index in [2.05, 4.69) is 12.7 Å². The van der Waals surface area contributed by atoms with E-state index in [0.29, 0.717) is 5.92 Å². The highest BCUT2D eigenvalue weighted by atomic mass is 16.5. The summed E-state index contributed by atoms with van der Waals surface area (Å²) in [6, 6.07) is 0. The number of rotatable bonds is 3. The molecule has 3 atom stereocenters. The maximum absolute atomic E-state index is 5.44. The van der Waals surface area contributed by atoms with Gasteiger partial charge < -0.3 is 4.74 Å². The van der Waals surface area contributed by atoms with Gasteiger partial charge in [0.1, 0.15) is 0 Å². The van der Waals surface area contributed by atoms with Crippen molar-refractivity contribution in [3.05, 3.63) is 24.3 Å². The lowest BCUT2D eigenvalue weighted by Crippen LogP contribution is -2.27. The maximum atomic E-state index is 5.44. The van der Waals surface area contributed by atoms with Crippen LogP contribution in [0.2, 0.25) is 0 Å². The van der Waals surface area contributed by atoms with E-state index >= 15 is 0 Å². The van der Waals surface area contributed by atoms with Crippen molar-refractivity contribution in [3.8, 4) is 0 Å². The van der Waals surface area contributed by atoms with Gasteiger partial charge in [0.15, 0.2) is 0 Å². The summed E-state index contributed by atoms with van der Waals surface area (Å²) in [5.41, 5.74) is 1.67. The second-order valence-electron chi connectivity index (χ2n) is 4.62. The van der Waals surface area contributed by atoms with Crippen LogP contribution >= 0.6 is 0 Å². The van der Waals surface area contributed by atoms with Gasteiger partial charge in [0.25, 0.3) is 0 Å². The Balaban J connectivity index is 2.10. The van der Waals surface area contributed by atoms with Gasteiger partial charge in [0.2, 0.25) is 0 Å². The van der Waals surface area contributed by atoms with Crippen molar-refractivity contribution in [1.29, 1.82) is 0 Å². The molecule has 0 radical (unpaired) electrons. The van der Waals surface area contributed by atoms with Crippen LogP contribution in [0, 0.1) is 11.8 Å². The third-order valence-electron chi connectivity index (χ3n) is 3.64. The fourth-order valence-corrected chi connectivity index (χ4v) is 2.98. The zero-order chi connectivity index (χ0) is 9.97. The second-order valence-corrected chi connectivity index (χ2v) is 4.62. The average Bonchev–Trinajstić information content (AvgIpc) is 2.19. The Bertz CT molecular complexity index is 242. The topological polar surface area (TPSA) is 9.23 Å². The van der Waals surface area contributed by atoms with Crippen LogP contribution < -0.4 is 0 Å². The van der Waals surface area contributed by atoms with E-state index in [0.717, 1.165) is 5.92 Å². The Hall–Kier alpha value is -0.560. The highest BCUT2D eigenvalue weighted by molar-refractivity contribution is 5.15. The van der Waals surface area contributed by atoms with Crippen molar-refractivity contribution < 1.29 is 4.74 Å². The lowest BCUT2D eigenvalue weighted by atomic mass is 9.73. The largest absolute Gasteiger partial charge is 0.377 e. The van der Waals surface area contributed by atoms with Crippen LogP contribution in [0.4, 0.5) is 0 Å². The molecule has 0 saturated heterocycles. The third kappa shape index (κ3) is 1.93. The molecule has 3 unspecified atom stereocenters. The lowest BCUT2D eigenvalue weighted by molar-refractivity contribution is 0.0898. The van der Waals surface area contributed by atoms with Crippen LogP contribution in [0.15, 0.2) is 24.3 Å². The van der Waals surface area contributed by atoms with Crippen LogP contribution in [-0.4, -0.2) is 13.2 Å². The molecule has 2 bridgehead atoms. The SMILES string of the molecule is C=CC(OC)C1C=C2CCCC(C2)C1. The predicted molar refractivity (Wildman–Crippen MR) is 59.1 cm³/mol. The standard InChI is InChI=1S/C13H20O/c1-3-13(14-2)12-8-10-5-4-6-11(7-10)9-12/h3,8,11-13H,1,4-7,9H2,2H3. The summed E-state index contributed by atoms with van der Waals surface area (Å²) in [5, 5.41) is 0. The number of hydrogen-bond acceptors (Lipinski definition) is 1. The van der Waals surface area contributed by atoms with Crippen molar-refractivity contribution in [2.24, 2.45) is 11.8 Å². The van der Waals surface area contributed by atoms with Crippen LogP contribution in [0.5, 0.6) is 0 Å². The molecule has 1 heteroatoms. The van der Waals surface area contributed by atoms with Gasteiger partial charge in [-0.1, -0.05) is 17.7 Å². The fourth-order valence-electron chi connectivity index (χ4n) is 2.98. The highest BCUT2D eigenvalue weighted by Crippen LogP contribution is 2.39. The molecular formula is C13H20O. The van der Waals surface area contributed by atoms with E-state index < -0.39 is 0 Å². The summed E-state index contributed by atoms with van der Waals surface area (Å²) in [6.07, 6.45) is 11.4. The zero-order valence-electron chi connectivity index (χ0n) is 9.04.